The van der Waals surface area contributed by atoms with E-state index in [1.165, 1.54) is 0 Å². The SMILES string of the molecule is CCCOc1ccccc1C(=O)[C@@H]1[C@H](C(=O)c2ccccc2)[C@@]2(C(=O)Nc3ccccc32)[C@@H]2c3ccccc3C=CN12. The van der Waals surface area contributed by atoms with E-state index in [-0.39, 0.29) is 17.5 Å². The van der Waals surface area contributed by atoms with Crippen molar-refractivity contribution >= 4 is 29.2 Å². The number of nitrogens with zero attached hydrogens (tertiary/aromatic N) is 1. The van der Waals surface area contributed by atoms with Crippen molar-refractivity contribution in [3.63, 3.8) is 0 Å². The molecule has 0 aromatic heterocycles. The first kappa shape index (κ1) is 26.0. The second kappa shape index (κ2) is 10.1. The van der Waals surface area contributed by atoms with E-state index in [0.29, 0.717) is 29.2 Å². The average molecular weight is 555 g/mol. The van der Waals surface area contributed by atoms with Gasteiger partial charge in [0.05, 0.1) is 24.1 Å². The van der Waals surface area contributed by atoms with E-state index >= 15 is 0 Å². The summed E-state index contributed by atoms with van der Waals surface area (Å²) in [6, 6.07) is 30.1. The lowest BCUT2D eigenvalue weighted by molar-refractivity contribution is -0.122. The number of anilines is 1. The van der Waals surface area contributed by atoms with Crippen molar-refractivity contribution in [2.45, 2.75) is 30.8 Å². The van der Waals surface area contributed by atoms with Gasteiger partial charge in [-0.1, -0.05) is 91.9 Å². The molecule has 208 valence electrons. The Kier molecular flexibility index (Phi) is 6.27. The molecule has 0 aliphatic carbocycles. The Morgan fingerprint density at radius 3 is 2.40 bits per heavy atom. The summed E-state index contributed by atoms with van der Waals surface area (Å²) in [4.78, 5) is 46.2. The van der Waals surface area contributed by atoms with Crippen LogP contribution in [0.1, 0.15) is 56.8 Å². The number of para-hydroxylation sites is 2. The maximum atomic E-state index is 14.9. The van der Waals surface area contributed by atoms with Crippen LogP contribution in [0.15, 0.2) is 109 Å². The minimum absolute atomic E-state index is 0.243. The smallest absolute Gasteiger partial charge is 0.238 e. The van der Waals surface area contributed by atoms with Crippen LogP contribution in [0.4, 0.5) is 5.69 Å². The van der Waals surface area contributed by atoms with Crippen molar-refractivity contribution < 1.29 is 19.1 Å². The van der Waals surface area contributed by atoms with Crippen molar-refractivity contribution in [2.24, 2.45) is 5.92 Å². The predicted molar refractivity (Wildman–Crippen MR) is 161 cm³/mol. The van der Waals surface area contributed by atoms with Gasteiger partial charge >= 0.3 is 0 Å². The van der Waals surface area contributed by atoms with E-state index in [0.717, 1.165) is 23.1 Å². The fraction of sp³-hybridized carbons (Fsp3) is 0.194. The van der Waals surface area contributed by atoms with Gasteiger partial charge in [0, 0.05) is 17.5 Å². The highest BCUT2D eigenvalue weighted by molar-refractivity contribution is 6.17. The monoisotopic (exact) mass is 554 g/mol. The lowest BCUT2D eigenvalue weighted by atomic mass is 9.62. The van der Waals surface area contributed by atoms with E-state index < -0.39 is 23.4 Å². The van der Waals surface area contributed by atoms with Crippen molar-refractivity contribution in [1.82, 2.24) is 4.90 Å². The highest BCUT2D eigenvalue weighted by atomic mass is 16.5. The molecule has 1 N–H and O–H groups in total. The molecule has 4 aromatic carbocycles. The van der Waals surface area contributed by atoms with Gasteiger partial charge < -0.3 is 15.0 Å². The molecule has 3 aliphatic rings. The van der Waals surface area contributed by atoms with Crippen molar-refractivity contribution in [3.8, 4) is 5.75 Å². The van der Waals surface area contributed by atoms with Crippen LogP contribution in [0.5, 0.6) is 5.75 Å². The van der Waals surface area contributed by atoms with Crippen LogP contribution in [-0.4, -0.2) is 35.0 Å². The van der Waals surface area contributed by atoms with Crippen LogP contribution >= 0.6 is 0 Å². The molecule has 4 aromatic rings. The molecule has 6 heteroatoms. The largest absolute Gasteiger partial charge is 0.493 e. The van der Waals surface area contributed by atoms with Gasteiger partial charge in [-0.25, -0.2) is 0 Å². The predicted octanol–water partition coefficient (Wildman–Crippen LogP) is 6.46. The summed E-state index contributed by atoms with van der Waals surface area (Å²) in [5, 5.41) is 3.09. The van der Waals surface area contributed by atoms with Gasteiger partial charge in [0.2, 0.25) is 5.91 Å². The normalized spacial score (nSPS) is 23.2. The Balaban J connectivity index is 1.52. The Labute approximate surface area is 244 Å². The summed E-state index contributed by atoms with van der Waals surface area (Å²) in [6.07, 6.45) is 4.64. The molecule has 0 saturated carbocycles. The lowest BCUT2D eigenvalue weighted by Crippen LogP contribution is -2.49. The molecule has 7 rings (SSSR count). The summed E-state index contributed by atoms with van der Waals surface area (Å²) in [6.45, 7) is 2.47. The maximum absolute atomic E-state index is 14.9. The molecule has 1 saturated heterocycles. The van der Waals surface area contributed by atoms with Crippen LogP contribution < -0.4 is 10.1 Å². The van der Waals surface area contributed by atoms with Gasteiger partial charge in [0.15, 0.2) is 11.6 Å². The summed E-state index contributed by atoms with van der Waals surface area (Å²) in [5.74, 6) is -1.31. The van der Waals surface area contributed by atoms with Crippen LogP contribution in [0.2, 0.25) is 0 Å². The van der Waals surface area contributed by atoms with Crippen LogP contribution in [0, 0.1) is 5.92 Å². The van der Waals surface area contributed by atoms with Gasteiger partial charge in [0.1, 0.15) is 17.2 Å². The van der Waals surface area contributed by atoms with Crippen LogP contribution in [-0.2, 0) is 10.2 Å². The van der Waals surface area contributed by atoms with Gasteiger partial charge in [-0.3, -0.25) is 14.4 Å². The Hall–Kier alpha value is -4.97. The van der Waals surface area contributed by atoms with Crippen molar-refractivity contribution in [2.75, 3.05) is 11.9 Å². The zero-order chi connectivity index (χ0) is 28.8. The maximum Gasteiger partial charge on any atom is 0.238 e. The number of carbonyl (C=O) groups is 3. The van der Waals surface area contributed by atoms with Crippen LogP contribution in [0.3, 0.4) is 0 Å². The molecular formula is C36H30N2O4. The molecule has 4 atom stereocenters. The number of rotatable bonds is 7. The summed E-state index contributed by atoms with van der Waals surface area (Å²) < 4.78 is 6.01. The molecule has 0 bridgehead atoms. The standard InChI is InChI=1S/C36H30N2O4/c1-2-22-42-29-19-11-8-16-26(29)33(40)31-30(32(39)24-13-4-3-5-14-24)36(27-17-9-10-18-28(27)37-35(36)41)34-25-15-7-6-12-23(25)20-21-38(31)34/h3-21,30-31,34H,2,22H2,1H3,(H,37,41)/t30-,31+,34+,36-/m1/s1. The Morgan fingerprint density at radius 2 is 1.57 bits per heavy atom. The highest BCUT2D eigenvalue weighted by Crippen LogP contribution is 2.62. The van der Waals surface area contributed by atoms with E-state index in [1.54, 1.807) is 30.3 Å². The number of ether oxygens (including phenoxy) is 1. The average Bonchev–Trinajstić information content (AvgIpc) is 3.52. The van der Waals surface area contributed by atoms with Crippen molar-refractivity contribution in [1.29, 1.82) is 0 Å². The zero-order valence-corrected chi connectivity index (χ0v) is 23.2. The molecule has 0 radical (unpaired) electrons. The summed E-state index contributed by atoms with van der Waals surface area (Å²) >= 11 is 0. The first-order chi connectivity index (χ1) is 20.6. The fourth-order valence-electron chi connectivity index (χ4n) is 7.12. The zero-order valence-electron chi connectivity index (χ0n) is 23.2. The second-order valence-electron chi connectivity index (χ2n) is 11.0. The van der Waals surface area contributed by atoms with E-state index in [4.69, 9.17) is 4.74 Å². The second-order valence-corrected chi connectivity index (χ2v) is 11.0. The minimum atomic E-state index is -1.36. The molecule has 3 heterocycles. The van der Waals surface area contributed by atoms with E-state index in [9.17, 15) is 14.4 Å². The molecule has 0 unspecified atom stereocenters. The third kappa shape index (κ3) is 3.68. The molecule has 6 nitrogen and oxygen atoms in total. The summed E-state index contributed by atoms with van der Waals surface area (Å²) in [7, 11) is 0. The number of nitrogens with one attached hydrogen (secondary N) is 1. The molecule has 1 spiro atoms. The molecular weight excluding hydrogens is 524 g/mol. The van der Waals surface area contributed by atoms with Crippen molar-refractivity contribution in [3.05, 3.63) is 137 Å². The summed E-state index contributed by atoms with van der Waals surface area (Å²) in [5.41, 5.74) is 2.77. The fourth-order valence-corrected chi connectivity index (χ4v) is 7.12. The molecule has 1 fully saturated rings. The number of carbonyl (C=O) groups excluding carboxylic acids is 3. The van der Waals surface area contributed by atoms with Gasteiger partial charge in [-0.2, -0.15) is 0 Å². The lowest BCUT2D eigenvalue weighted by Gasteiger charge is -2.38. The van der Waals surface area contributed by atoms with Gasteiger partial charge in [-0.05, 0) is 47.4 Å². The molecule has 3 aliphatic heterocycles. The molecule has 1 amide bonds. The number of hydrogen-bond donors (Lipinski definition) is 1. The van der Waals surface area contributed by atoms with Gasteiger partial charge in [0.25, 0.3) is 0 Å². The minimum Gasteiger partial charge on any atom is -0.493 e. The number of amides is 1. The third-order valence-electron chi connectivity index (χ3n) is 8.79. The quantitative estimate of drug-likeness (QED) is 0.266. The highest BCUT2D eigenvalue weighted by Gasteiger charge is 2.70. The number of Topliss-reactive ketones (excluding diaryl/α,β-unsaturated/α-hetero) is 2. The Morgan fingerprint density at radius 1 is 0.857 bits per heavy atom. The topological polar surface area (TPSA) is 75.7 Å². The number of hydrogen-bond acceptors (Lipinski definition) is 5. The number of ketones is 2. The van der Waals surface area contributed by atoms with Gasteiger partial charge in [-0.15, -0.1) is 0 Å². The van der Waals surface area contributed by atoms with Crippen LogP contribution in [0.25, 0.3) is 6.08 Å². The Bertz CT molecular complexity index is 1750. The number of fused-ring (bicyclic) bond motifs is 6. The van der Waals surface area contributed by atoms with E-state index in [2.05, 4.69) is 5.32 Å². The molecule has 42 heavy (non-hydrogen) atoms. The number of benzene rings is 4. The van der Waals surface area contributed by atoms with E-state index in [1.807, 2.05) is 96.9 Å². The first-order valence-corrected chi connectivity index (χ1v) is 14.4. The first-order valence-electron chi connectivity index (χ1n) is 14.4. The third-order valence-corrected chi connectivity index (χ3v) is 8.79.